The van der Waals surface area contributed by atoms with Gasteiger partial charge < -0.3 is 29.9 Å². The van der Waals surface area contributed by atoms with Crippen molar-refractivity contribution in [2.45, 2.75) is 38.5 Å². The fraction of sp³-hybridized carbons (Fsp3) is 0.480. The van der Waals surface area contributed by atoms with E-state index >= 15 is 0 Å². The van der Waals surface area contributed by atoms with Crippen molar-refractivity contribution >= 4 is 11.9 Å². The van der Waals surface area contributed by atoms with Gasteiger partial charge in [-0.25, -0.2) is 9.18 Å². The SMILES string of the molecule is COCCNC(=O)[C@@H]1[C@@H](CO)[C@@H]2Cn3c(ccc(-c4ccc(F)cc4)c3=O)[C@H]1N2C(=O)NC(C)C. The van der Waals surface area contributed by atoms with Gasteiger partial charge in [-0.1, -0.05) is 12.1 Å². The van der Waals surface area contributed by atoms with Crippen molar-refractivity contribution in [3.8, 4) is 11.1 Å². The van der Waals surface area contributed by atoms with Crippen LogP contribution in [-0.2, 0) is 16.1 Å². The van der Waals surface area contributed by atoms with Crippen LogP contribution in [0.3, 0.4) is 0 Å². The number of carbonyl (C=O) groups excluding carboxylic acids is 2. The maximum Gasteiger partial charge on any atom is 0.318 e. The number of rotatable bonds is 7. The Morgan fingerprint density at radius 3 is 2.54 bits per heavy atom. The van der Waals surface area contributed by atoms with Crippen LogP contribution in [0.5, 0.6) is 0 Å². The summed E-state index contributed by atoms with van der Waals surface area (Å²) in [5.41, 5.74) is 1.21. The molecule has 4 rings (SSSR count). The molecule has 0 saturated carbocycles. The molecule has 2 bridgehead atoms. The summed E-state index contributed by atoms with van der Waals surface area (Å²) in [5, 5.41) is 16.0. The molecule has 0 unspecified atom stereocenters. The van der Waals surface area contributed by atoms with Crippen molar-refractivity contribution < 1.29 is 23.8 Å². The Balaban J connectivity index is 1.80. The number of hydrogen-bond acceptors (Lipinski definition) is 5. The number of benzene rings is 1. The van der Waals surface area contributed by atoms with Crippen LogP contribution in [0, 0.1) is 17.7 Å². The van der Waals surface area contributed by atoms with Crippen LogP contribution in [0.15, 0.2) is 41.2 Å². The number of nitrogens with zero attached hydrogens (tertiary/aromatic N) is 2. The number of aliphatic hydroxyl groups excluding tert-OH is 1. The highest BCUT2D eigenvalue weighted by molar-refractivity contribution is 5.84. The second kappa shape index (κ2) is 10.2. The van der Waals surface area contributed by atoms with Crippen LogP contribution in [-0.4, -0.2) is 65.5 Å². The molecule has 188 valence electrons. The van der Waals surface area contributed by atoms with Crippen molar-refractivity contribution in [1.29, 1.82) is 0 Å². The van der Waals surface area contributed by atoms with E-state index in [0.29, 0.717) is 23.4 Å². The Kier molecular flexibility index (Phi) is 7.23. The minimum Gasteiger partial charge on any atom is -0.396 e. The summed E-state index contributed by atoms with van der Waals surface area (Å²) in [7, 11) is 1.53. The molecule has 3 amide bonds. The third kappa shape index (κ3) is 4.55. The molecule has 0 radical (unpaired) electrons. The predicted octanol–water partition coefficient (Wildman–Crippen LogP) is 1.50. The molecule has 1 fully saturated rings. The summed E-state index contributed by atoms with van der Waals surface area (Å²) in [6.45, 7) is 4.12. The molecule has 3 heterocycles. The van der Waals surface area contributed by atoms with Gasteiger partial charge in [0.15, 0.2) is 0 Å². The molecule has 2 aliphatic heterocycles. The highest BCUT2D eigenvalue weighted by atomic mass is 19.1. The van der Waals surface area contributed by atoms with Crippen LogP contribution >= 0.6 is 0 Å². The van der Waals surface area contributed by atoms with E-state index < -0.39 is 29.7 Å². The number of ether oxygens (including phenoxy) is 1. The van der Waals surface area contributed by atoms with Gasteiger partial charge in [-0.05, 0) is 43.7 Å². The first kappa shape index (κ1) is 24.9. The zero-order chi connectivity index (χ0) is 25.3. The van der Waals surface area contributed by atoms with Gasteiger partial charge in [0.1, 0.15) is 5.82 Å². The Morgan fingerprint density at radius 1 is 1.20 bits per heavy atom. The number of pyridine rings is 1. The van der Waals surface area contributed by atoms with E-state index in [1.54, 1.807) is 33.7 Å². The largest absolute Gasteiger partial charge is 0.396 e. The lowest BCUT2D eigenvalue weighted by atomic mass is 9.86. The number of halogens is 1. The molecule has 4 atom stereocenters. The number of amides is 3. The number of fused-ring (bicyclic) bond motifs is 4. The van der Waals surface area contributed by atoms with Crippen LogP contribution < -0.4 is 16.2 Å². The molecule has 1 aromatic heterocycles. The fourth-order valence-electron chi connectivity index (χ4n) is 5.25. The van der Waals surface area contributed by atoms with E-state index in [2.05, 4.69) is 10.6 Å². The van der Waals surface area contributed by atoms with Gasteiger partial charge in [-0.3, -0.25) is 9.59 Å². The summed E-state index contributed by atoms with van der Waals surface area (Å²) < 4.78 is 20.0. The first-order chi connectivity index (χ1) is 16.8. The molecular formula is C25H31FN4O5. The number of nitrogens with one attached hydrogen (secondary N) is 2. The van der Waals surface area contributed by atoms with Gasteiger partial charge in [-0.2, -0.15) is 0 Å². The summed E-state index contributed by atoms with van der Waals surface area (Å²) in [4.78, 5) is 41.6. The summed E-state index contributed by atoms with van der Waals surface area (Å²) in [5.74, 6) is -2.01. The van der Waals surface area contributed by atoms with Gasteiger partial charge >= 0.3 is 6.03 Å². The highest BCUT2D eigenvalue weighted by Crippen LogP contribution is 2.48. The number of urea groups is 1. The summed E-state index contributed by atoms with van der Waals surface area (Å²) in [6.07, 6.45) is 0. The van der Waals surface area contributed by atoms with Gasteiger partial charge in [0, 0.05) is 50.0 Å². The monoisotopic (exact) mass is 486 g/mol. The van der Waals surface area contributed by atoms with Crippen molar-refractivity contribution in [3.05, 3.63) is 58.3 Å². The molecule has 9 nitrogen and oxygen atoms in total. The van der Waals surface area contributed by atoms with Crippen LogP contribution in [0.2, 0.25) is 0 Å². The maximum absolute atomic E-state index is 13.5. The molecule has 0 spiro atoms. The lowest BCUT2D eigenvalue weighted by molar-refractivity contribution is -0.127. The van der Waals surface area contributed by atoms with Crippen molar-refractivity contribution in [2.24, 2.45) is 11.8 Å². The zero-order valence-corrected chi connectivity index (χ0v) is 20.0. The number of aliphatic hydroxyl groups is 1. The second-order valence-corrected chi connectivity index (χ2v) is 9.27. The standard InChI is InChI=1S/C25H31FN4O5/c1-14(2)28-25(34)30-20-12-29-19(9-8-17(24(29)33)15-4-6-16(26)7-5-15)22(30)21(18(20)13-31)23(32)27-10-11-35-3/h4-9,14,18,20-22,31H,10-13H2,1-3H3,(H,27,32)(H,28,34)/t18-,20-,21+,22+/m0/s1. The molecule has 1 aromatic carbocycles. The normalized spacial score (nSPS) is 22.7. The first-order valence-electron chi connectivity index (χ1n) is 11.7. The van der Waals surface area contributed by atoms with E-state index in [1.165, 1.54) is 19.2 Å². The summed E-state index contributed by atoms with van der Waals surface area (Å²) in [6, 6.07) is 7.29. The highest BCUT2D eigenvalue weighted by Gasteiger charge is 2.57. The van der Waals surface area contributed by atoms with Gasteiger partial charge in [0.2, 0.25) is 5.91 Å². The van der Waals surface area contributed by atoms with E-state index in [9.17, 15) is 23.9 Å². The Hall–Kier alpha value is -3.24. The molecule has 2 aromatic rings. The fourth-order valence-corrected chi connectivity index (χ4v) is 5.25. The minimum absolute atomic E-state index is 0.131. The Morgan fingerprint density at radius 2 is 1.91 bits per heavy atom. The van der Waals surface area contributed by atoms with Gasteiger partial charge in [0.25, 0.3) is 5.56 Å². The molecule has 2 aliphatic rings. The Labute approximate surface area is 202 Å². The van der Waals surface area contributed by atoms with Crippen LogP contribution in [0.1, 0.15) is 25.6 Å². The molecule has 1 saturated heterocycles. The minimum atomic E-state index is -0.746. The van der Waals surface area contributed by atoms with Crippen LogP contribution in [0.25, 0.3) is 11.1 Å². The number of aromatic nitrogens is 1. The number of carbonyl (C=O) groups is 2. The Bertz CT molecular complexity index is 1150. The quantitative estimate of drug-likeness (QED) is 0.514. The van der Waals surface area contributed by atoms with E-state index in [1.807, 2.05) is 13.8 Å². The smallest absolute Gasteiger partial charge is 0.318 e. The van der Waals surface area contributed by atoms with Crippen molar-refractivity contribution in [3.63, 3.8) is 0 Å². The molecule has 10 heteroatoms. The topological polar surface area (TPSA) is 113 Å². The predicted molar refractivity (Wildman–Crippen MR) is 127 cm³/mol. The molecule has 3 N–H and O–H groups in total. The third-order valence-corrected chi connectivity index (χ3v) is 6.75. The lowest BCUT2D eigenvalue weighted by Crippen LogP contribution is -2.53. The number of hydrogen-bond donors (Lipinski definition) is 3. The molecule has 0 aliphatic carbocycles. The third-order valence-electron chi connectivity index (χ3n) is 6.75. The van der Waals surface area contributed by atoms with Gasteiger partial charge in [0.05, 0.1) is 24.6 Å². The van der Waals surface area contributed by atoms with E-state index in [4.69, 9.17) is 4.74 Å². The van der Waals surface area contributed by atoms with Crippen molar-refractivity contribution in [1.82, 2.24) is 20.1 Å². The lowest BCUT2D eigenvalue weighted by Gasteiger charge is -2.38. The van der Waals surface area contributed by atoms with Gasteiger partial charge in [-0.15, -0.1) is 0 Å². The first-order valence-corrected chi connectivity index (χ1v) is 11.7. The van der Waals surface area contributed by atoms with Crippen LogP contribution in [0.4, 0.5) is 9.18 Å². The van der Waals surface area contributed by atoms with Crippen molar-refractivity contribution in [2.75, 3.05) is 26.9 Å². The zero-order valence-electron chi connectivity index (χ0n) is 20.0. The average molecular weight is 487 g/mol. The summed E-state index contributed by atoms with van der Waals surface area (Å²) >= 11 is 0. The maximum atomic E-state index is 13.5. The molecule has 35 heavy (non-hydrogen) atoms. The second-order valence-electron chi connectivity index (χ2n) is 9.27. The van der Waals surface area contributed by atoms with E-state index in [-0.39, 0.29) is 43.2 Å². The average Bonchev–Trinajstić information content (AvgIpc) is 3.07. The molecular weight excluding hydrogens is 455 g/mol. The van der Waals surface area contributed by atoms with E-state index in [0.717, 1.165) is 0 Å². The number of methoxy groups -OCH3 is 1.